The summed E-state index contributed by atoms with van der Waals surface area (Å²) in [4.78, 5) is 32.0. The smallest absolute Gasteiger partial charge is 0.277 e. The van der Waals surface area contributed by atoms with E-state index in [0.717, 1.165) is 43.9 Å². The average Bonchev–Trinajstić information content (AvgIpc) is 2.90. The number of carbonyl (C=O) groups excluding carboxylic acids is 1. The van der Waals surface area contributed by atoms with Gasteiger partial charge in [0.1, 0.15) is 0 Å². The molecule has 1 amide bonds. The topological polar surface area (TPSA) is 115 Å². The van der Waals surface area contributed by atoms with E-state index >= 15 is 0 Å². The van der Waals surface area contributed by atoms with Gasteiger partial charge < -0.3 is 5.32 Å². The van der Waals surface area contributed by atoms with Crippen molar-refractivity contribution in [1.29, 1.82) is 0 Å². The maximum atomic E-state index is 12.0. The molecule has 1 fully saturated rings. The summed E-state index contributed by atoms with van der Waals surface area (Å²) in [5.41, 5.74) is -0.982. The van der Waals surface area contributed by atoms with Crippen molar-refractivity contribution in [3.05, 3.63) is 44.0 Å². The van der Waals surface area contributed by atoms with E-state index in [1.165, 1.54) is 0 Å². The summed E-state index contributed by atoms with van der Waals surface area (Å²) in [6.45, 7) is 0. The highest BCUT2D eigenvalue weighted by Gasteiger charge is 2.22. The van der Waals surface area contributed by atoms with Crippen LogP contribution in [0.25, 0.3) is 0 Å². The Kier molecular flexibility index (Phi) is 3.92. The minimum atomic E-state index is -0.751. The van der Waals surface area contributed by atoms with Crippen LogP contribution >= 0.6 is 0 Å². The normalized spacial score (nSPS) is 15.0. The predicted molar refractivity (Wildman–Crippen MR) is 69.5 cm³/mol. The molecule has 20 heavy (non-hydrogen) atoms. The molecule has 0 unspecified atom stereocenters. The van der Waals surface area contributed by atoms with Crippen molar-refractivity contribution in [3.8, 4) is 0 Å². The van der Waals surface area contributed by atoms with Crippen LogP contribution in [0.2, 0.25) is 0 Å². The lowest BCUT2D eigenvalue weighted by molar-refractivity contribution is -0.394. The second-order valence-electron chi connectivity index (χ2n) is 4.71. The molecule has 1 aromatic rings. The van der Waals surface area contributed by atoms with Gasteiger partial charge in [0.2, 0.25) is 0 Å². The van der Waals surface area contributed by atoms with Crippen LogP contribution in [0.3, 0.4) is 0 Å². The zero-order valence-corrected chi connectivity index (χ0v) is 10.6. The lowest BCUT2D eigenvalue weighted by Crippen LogP contribution is -2.32. The van der Waals surface area contributed by atoms with Crippen LogP contribution in [0.1, 0.15) is 36.0 Å². The van der Waals surface area contributed by atoms with Gasteiger partial charge in [-0.2, -0.15) is 0 Å². The number of benzene rings is 1. The van der Waals surface area contributed by atoms with Gasteiger partial charge in [0.05, 0.1) is 21.5 Å². The van der Waals surface area contributed by atoms with Crippen molar-refractivity contribution in [3.63, 3.8) is 0 Å². The lowest BCUT2D eigenvalue weighted by atomic mass is 10.1. The molecule has 0 heterocycles. The summed E-state index contributed by atoms with van der Waals surface area (Å²) in [5, 5.41) is 24.2. The molecule has 8 nitrogen and oxygen atoms in total. The van der Waals surface area contributed by atoms with Crippen molar-refractivity contribution in [2.45, 2.75) is 31.7 Å². The summed E-state index contributed by atoms with van der Waals surface area (Å²) >= 11 is 0. The Labute approximate surface area is 114 Å². The Bertz CT molecular complexity index is 534. The zero-order valence-electron chi connectivity index (χ0n) is 10.6. The van der Waals surface area contributed by atoms with E-state index in [2.05, 4.69) is 5.32 Å². The van der Waals surface area contributed by atoms with Crippen LogP contribution in [0, 0.1) is 20.2 Å². The predicted octanol–water partition coefficient (Wildman–Crippen LogP) is 2.18. The summed E-state index contributed by atoms with van der Waals surface area (Å²) in [6.07, 6.45) is 3.78. The SMILES string of the molecule is O=C(NC1CCCC1)c1cc([N+](=O)[O-])cc([N+](=O)[O-])c1. The summed E-state index contributed by atoms with van der Waals surface area (Å²) in [6, 6.07) is 2.99. The molecule has 0 aliphatic heterocycles. The molecule has 1 saturated carbocycles. The van der Waals surface area contributed by atoms with E-state index in [-0.39, 0.29) is 11.6 Å². The van der Waals surface area contributed by atoms with Gasteiger partial charge in [-0.25, -0.2) is 0 Å². The molecule has 0 aromatic heterocycles. The maximum absolute atomic E-state index is 12.0. The third kappa shape index (κ3) is 3.08. The van der Waals surface area contributed by atoms with Crippen molar-refractivity contribution >= 4 is 17.3 Å². The molecule has 106 valence electrons. The minimum absolute atomic E-state index is 0.0424. The second kappa shape index (κ2) is 5.64. The van der Waals surface area contributed by atoms with Crippen LogP contribution in [0.5, 0.6) is 0 Å². The maximum Gasteiger partial charge on any atom is 0.277 e. The number of hydrogen-bond acceptors (Lipinski definition) is 5. The minimum Gasteiger partial charge on any atom is -0.349 e. The van der Waals surface area contributed by atoms with Crippen LogP contribution < -0.4 is 5.32 Å². The molecule has 1 aliphatic carbocycles. The third-order valence-electron chi connectivity index (χ3n) is 3.28. The number of amides is 1. The van der Waals surface area contributed by atoms with E-state index in [0.29, 0.717) is 0 Å². The van der Waals surface area contributed by atoms with Crippen molar-refractivity contribution in [2.75, 3.05) is 0 Å². The molecular weight excluding hydrogens is 266 g/mol. The molecule has 1 N–H and O–H groups in total. The third-order valence-corrected chi connectivity index (χ3v) is 3.28. The van der Waals surface area contributed by atoms with Gasteiger partial charge in [-0.05, 0) is 12.8 Å². The van der Waals surface area contributed by atoms with E-state index < -0.39 is 27.1 Å². The van der Waals surface area contributed by atoms with Crippen LogP contribution in [-0.4, -0.2) is 21.8 Å². The molecule has 1 aliphatic rings. The highest BCUT2D eigenvalue weighted by molar-refractivity contribution is 5.95. The molecular formula is C12H13N3O5. The fraction of sp³-hybridized carbons (Fsp3) is 0.417. The number of nitrogens with zero attached hydrogens (tertiary/aromatic N) is 2. The molecule has 0 bridgehead atoms. The lowest BCUT2D eigenvalue weighted by Gasteiger charge is -2.11. The monoisotopic (exact) mass is 279 g/mol. The Morgan fingerprint density at radius 3 is 2.00 bits per heavy atom. The van der Waals surface area contributed by atoms with Crippen LogP contribution in [0.15, 0.2) is 18.2 Å². The fourth-order valence-corrected chi connectivity index (χ4v) is 2.28. The Morgan fingerprint density at radius 2 is 1.55 bits per heavy atom. The van der Waals surface area contributed by atoms with Gasteiger partial charge in [0, 0.05) is 18.2 Å². The first-order valence-corrected chi connectivity index (χ1v) is 6.22. The molecule has 0 spiro atoms. The number of hydrogen-bond donors (Lipinski definition) is 1. The molecule has 0 atom stereocenters. The summed E-state index contributed by atoms with van der Waals surface area (Å²) in [5.74, 6) is -0.510. The van der Waals surface area contributed by atoms with Crippen molar-refractivity contribution < 1.29 is 14.6 Å². The Hall–Kier alpha value is -2.51. The second-order valence-corrected chi connectivity index (χ2v) is 4.71. The zero-order chi connectivity index (χ0) is 14.7. The Balaban J connectivity index is 2.26. The van der Waals surface area contributed by atoms with Crippen molar-refractivity contribution in [1.82, 2.24) is 5.32 Å². The molecule has 2 rings (SSSR count). The van der Waals surface area contributed by atoms with E-state index in [9.17, 15) is 25.0 Å². The standard InChI is InChI=1S/C12H13N3O5/c16-12(13-9-3-1-2-4-9)8-5-10(14(17)18)7-11(6-8)15(19)20/h5-7,9H,1-4H2,(H,13,16). The number of rotatable bonds is 4. The number of nitrogens with one attached hydrogen (secondary N) is 1. The molecule has 8 heteroatoms. The highest BCUT2D eigenvalue weighted by Crippen LogP contribution is 2.23. The van der Waals surface area contributed by atoms with E-state index in [4.69, 9.17) is 0 Å². The van der Waals surface area contributed by atoms with Gasteiger partial charge in [0.25, 0.3) is 17.3 Å². The van der Waals surface area contributed by atoms with E-state index in [1.807, 2.05) is 0 Å². The Morgan fingerprint density at radius 1 is 1.05 bits per heavy atom. The number of nitro benzene ring substituents is 2. The molecule has 0 radical (unpaired) electrons. The summed E-state index contributed by atoms with van der Waals surface area (Å²) in [7, 11) is 0. The molecule has 0 saturated heterocycles. The first kappa shape index (κ1) is 13.9. The fourth-order valence-electron chi connectivity index (χ4n) is 2.28. The van der Waals surface area contributed by atoms with Gasteiger partial charge >= 0.3 is 0 Å². The number of nitro groups is 2. The van der Waals surface area contributed by atoms with Gasteiger partial charge in [-0.3, -0.25) is 25.0 Å². The first-order valence-electron chi connectivity index (χ1n) is 6.22. The van der Waals surface area contributed by atoms with Crippen molar-refractivity contribution in [2.24, 2.45) is 0 Å². The molecule has 1 aromatic carbocycles. The first-order chi connectivity index (χ1) is 9.47. The van der Waals surface area contributed by atoms with E-state index in [1.54, 1.807) is 0 Å². The van der Waals surface area contributed by atoms with Gasteiger partial charge in [0.15, 0.2) is 0 Å². The largest absolute Gasteiger partial charge is 0.349 e. The quantitative estimate of drug-likeness (QED) is 0.669. The number of non-ortho nitro benzene ring substituents is 2. The van der Waals surface area contributed by atoms with Crippen LogP contribution in [0.4, 0.5) is 11.4 Å². The summed E-state index contributed by atoms with van der Waals surface area (Å²) < 4.78 is 0. The highest BCUT2D eigenvalue weighted by atomic mass is 16.6. The average molecular weight is 279 g/mol. The van der Waals surface area contributed by atoms with Crippen LogP contribution in [-0.2, 0) is 0 Å². The number of carbonyl (C=O) groups is 1. The van der Waals surface area contributed by atoms with Gasteiger partial charge in [-0.1, -0.05) is 12.8 Å². The van der Waals surface area contributed by atoms with Gasteiger partial charge in [-0.15, -0.1) is 0 Å².